The van der Waals surface area contributed by atoms with Crippen molar-refractivity contribution in [2.75, 3.05) is 19.0 Å². The molecule has 2 N–H and O–H groups in total. The number of aryl methyl sites for hydroxylation is 1. The van der Waals surface area contributed by atoms with E-state index in [1.165, 1.54) is 14.0 Å². The highest BCUT2D eigenvalue weighted by atomic mass is 35.5. The Morgan fingerprint density at radius 2 is 1.79 bits per heavy atom. The van der Waals surface area contributed by atoms with Crippen molar-refractivity contribution >= 4 is 35.1 Å². The molecule has 7 nitrogen and oxygen atoms in total. The summed E-state index contributed by atoms with van der Waals surface area (Å²) in [6.45, 7) is 3.44. The molecule has 154 valence electrons. The Balaban J connectivity index is 1.79. The van der Waals surface area contributed by atoms with Gasteiger partial charge in [-0.15, -0.1) is 0 Å². The number of methoxy groups -OCH3 is 1. The van der Waals surface area contributed by atoms with Gasteiger partial charge in [0.15, 0.2) is 6.10 Å². The third-order valence-corrected chi connectivity index (χ3v) is 4.26. The number of carbonyl (C=O) groups is 3. The van der Waals surface area contributed by atoms with Gasteiger partial charge in [-0.3, -0.25) is 14.4 Å². The summed E-state index contributed by atoms with van der Waals surface area (Å²) in [5.41, 5.74) is 1.88. The minimum absolute atomic E-state index is 0.0648. The van der Waals surface area contributed by atoms with E-state index in [0.29, 0.717) is 22.0 Å². The molecule has 0 spiro atoms. The topological polar surface area (TPSA) is 93.7 Å². The van der Waals surface area contributed by atoms with Crippen molar-refractivity contribution in [3.8, 4) is 5.75 Å². The number of carbonyl (C=O) groups excluding carboxylic acids is 3. The minimum Gasteiger partial charge on any atom is -0.495 e. The maximum Gasteiger partial charge on any atom is 0.308 e. The van der Waals surface area contributed by atoms with Gasteiger partial charge >= 0.3 is 5.97 Å². The maximum absolute atomic E-state index is 12.3. The van der Waals surface area contributed by atoms with Crippen LogP contribution in [-0.2, 0) is 14.3 Å². The minimum atomic E-state index is -1.00. The van der Waals surface area contributed by atoms with E-state index in [9.17, 15) is 14.4 Å². The second kappa shape index (κ2) is 10.5. The van der Waals surface area contributed by atoms with Gasteiger partial charge in [0, 0.05) is 17.1 Å². The summed E-state index contributed by atoms with van der Waals surface area (Å²) >= 11 is 5.78. The predicted octanol–water partition coefficient (Wildman–Crippen LogP) is 3.35. The molecule has 2 amide bonds. The molecule has 0 saturated heterocycles. The SMILES string of the molecule is COc1ccc(C)cc1NC(=O)[C@@H](C)OC(=O)CCNC(=O)c1ccc(Cl)cc1. The Morgan fingerprint density at radius 1 is 1.10 bits per heavy atom. The van der Waals surface area contributed by atoms with Crippen molar-refractivity contribution < 1.29 is 23.9 Å². The van der Waals surface area contributed by atoms with Gasteiger partial charge in [0.05, 0.1) is 19.2 Å². The predicted molar refractivity (Wildman–Crippen MR) is 110 cm³/mol. The molecule has 2 aromatic carbocycles. The molecule has 0 unspecified atom stereocenters. The number of benzene rings is 2. The van der Waals surface area contributed by atoms with Crippen LogP contribution in [0.5, 0.6) is 5.75 Å². The van der Waals surface area contributed by atoms with Crippen LogP contribution >= 0.6 is 11.6 Å². The normalized spacial score (nSPS) is 11.3. The first-order valence-corrected chi connectivity index (χ1v) is 9.36. The molecule has 29 heavy (non-hydrogen) atoms. The van der Waals surface area contributed by atoms with Crippen LogP contribution in [0.2, 0.25) is 5.02 Å². The van der Waals surface area contributed by atoms with E-state index in [2.05, 4.69) is 10.6 Å². The van der Waals surface area contributed by atoms with Crippen LogP contribution in [0.4, 0.5) is 5.69 Å². The molecule has 0 fully saturated rings. The third-order valence-electron chi connectivity index (χ3n) is 4.01. The van der Waals surface area contributed by atoms with Crippen molar-refractivity contribution in [1.82, 2.24) is 5.32 Å². The zero-order chi connectivity index (χ0) is 21.4. The molecular formula is C21H23ClN2O5. The summed E-state index contributed by atoms with van der Waals surface area (Å²) in [4.78, 5) is 36.2. The molecule has 0 aliphatic carbocycles. The summed E-state index contributed by atoms with van der Waals surface area (Å²) in [6, 6.07) is 11.7. The second-order valence-electron chi connectivity index (χ2n) is 6.34. The van der Waals surface area contributed by atoms with Crippen molar-refractivity contribution in [3.63, 3.8) is 0 Å². The van der Waals surface area contributed by atoms with Crippen molar-refractivity contribution in [1.29, 1.82) is 0 Å². The molecule has 0 bridgehead atoms. The number of halogens is 1. The molecule has 2 aromatic rings. The number of hydrogen-bond donors (Lipinski definition) is 2. The summed E-state index contributed by atoms with van der Waals surface area (Å²) in [7, 11) is 1.50. The standard InChI is InChI=1S/C21H23ClN2O5/c1-13-4-9-18(28-3)17(12-13)24-20(26)14(2)29-19(25)10-11-23-21(27)15-5-7-16(22)8-6-15/h4-9,12,14H,10-11H2,1-3H3,(H,23,27)(H,24,26)/t14-/m1/s1. The fourth-order valence-electron chi connectivity index (χ4n) is 2.44. The summed E-state index contributed by atoms with van der Waals surface area (Å²) in [5.74, 6) is -0.896. The lowest BCUT2D eigenvalue weighted by Crippen LogP contribution is -2.32. The average molecular weight is 419 g/mol. The molecule has 0 radical (unpaired) electrons. The smallest absolute Gasteiger partial charge is 0.308 e. The van der Waals surface area contributed by atoms with Gasteiger partial charge in [-0.2, -0.15) is 0 Å². The van der Waals surface area contributed by atoms with Crippen LogP contribution in [0.25, 0.3) is 0 Å². The van der Waals surface area contributed by atoms with E-state index in [0.717, 1.165) is 5.56 Å². The first-order chi connectivity index (χ1) is 13.8. The van der Waals surface area contributed by atoms with Crippen LogP contribution in [-0.4, -0.2) is 37.5 Å². The van der Waals surface area contributed by atoms with Gasteiger partial charge in [-0.05, 0) is 55.8 Å². The third kappa shape index (κ3) is 6.80. The van der Waals surface area contributed by atoms with E-state index < -0.39 is 18.0 Å². The van der Waals surface area contributed by atoms with E-state index in [1.807, 2.05) is 13.0 Å². The van der Waals surface area contributed by atoms with E-state index in [4.69, 9.17) is 21.1 Å². The van der Waals surface area contributed by atoms with Gasteiger partial charge in [-0.25, -0.2) is 0 Å². The summed E-state index contributed by atoms with van der Waals surface area (Å²) in [5, 5.41) is 5.83. The lowest BCUT2D eigenvalue weighted by molar-refractivity contribution is -0.153. The largest absolute Gasteiger partial charge is 0.495 e. The zero-order valence-electron chi connectivity index (χ0n) is 16.5. The van der Waals surface area contributed by atoms with Crippen LogP contribution in [0.3, 0.4) is 0 Å². The highest BCUT2D eigenvalue weighted by Crippen LogP contribution is 2.25. The number of hydrogen-bond acceptors (Lipinski definition) is 5. The average Bonchev–Trinajstić information content (AvgIpc) is 2.68. The Morgan fingerprint density at radius 3 is 2.45 bits per heavy atom. The van der Waals surface area contributed by atoms with Crippen LogP contribution in [0.1, 0.15) is 29.3 Å². The zero-order valence-corrected chi connectivity index (χ0v) is 17.2. The van der Waals surface area contributed by atoms with Crippen molar-refractivity contribution in [3.05, 3.63) is 58.6 Å². The Kier molecular flexibility index (Phi) is 8.03. The molecular weight excluding hydrogens is 396 g/mol. The second-order valence-corrected chi connectivity index (χ2v) is 6.77. The van der Waals surface area contributed by atoms with Crippen LogP contribution in [0.15, 0.2) is 42.5 Å². The number of esters is 1. The molecule has 0 saturated carbocycles. The highest BCUT2D eigenvalue weighted by Gasteiger charge is 2.19. The molecule has 0 heterocycles. The van der Waals surface area contributed by atoms with Gasteiger partial charge in [0.1, 0.15) is 5.75 Å². The number of nitrogens with one attached hydrogen (secondary N) is 2. The maximum atomic E-state index is 12.3. The quantitative estimate of drug-likeness (QED) is 0.641. The molecule has 2 rings (SSSR count). The molecule has 0 aromatic heterocycles. The molecule has 8 heteroatoms. The number of anilines is 1. The Labute approximate surface area is 174 Å². The number of ether oxygens (including phenoxy) is 2. The highest BCUT2D eigenvalue weighted by molar-refractivity contribution is 6.30. The fourth-order valence-corrected chi connectivity index (χ4v) is 2.57. The first-order valence-electron chi connectivity index (χ1n) is 8.99. The molecule has 0 aliphatic rings. The van der Waals surface area contributed by atoms with Crippen LogP contribution in [0, 0.1) is 6.92 Å². The Bertz CT molecular complexity index is 883. The number of rotatable bonds is 8. The molecule has 1 atom stereocenters. The van der Waals surface area contributed by atoms with Crippen molar-refractivity contribution in [2.45, 2.75) is 26.4 Å². The van der Waals surface area contributed by atoms with Gasteiger partial charge in [0.2, 0.25) is 0 Å². The Hall–Kier alpha value is -3.06. The molecule has 0 aliphatic heterocycles. The fraction of sp³-hybridized carbons (Fsp3) is 0.286. The monoisotopic (exact) mass is 418 g/mol. The van der Waals surface area contributed by atoms with E-state index in [-0.39, 0.29) is 18.9 Å². The first kappa shape index (κ1) is 22.2. The van der Waals surface area contributed by atoms with Gasteiger partial charge in [0.25, 0.3) is 11.8 Å². The van der Waals surface area contributed by atoms with E-state index in [1.54, 1.807) is 36.4 Å². The lowest BCUT2D eigenvalue weighted by Gasteiger charge is -2.15. The number of amides is 2. The van der Waals surface area contributed by atoms with Crippen molar-refractivity contribution in [2.24, 2.45) is 0 Å². The summed E-state index contributed by atoms with van der Waals surface area (Å²) in [6.07, 6.45) is -1.07. The lowest BCUT2D eigenvalue weighted by atomic mass is 10.2. The van der Waals surface area contributed by atoms with Gasteiger partial charge in [-0.1, -0.05) is 17.7 Å². The van der Waals surface area contributed by atoms with E-state index >= 15 is 0 Å². The van der Waals surface area contributed by atoms with Gasteiger partial charge < -0.3 is 20.1 Å². The summed E-state index contributed by atoms with van der Waals surface area (Å²) < 4.78 is 10.3. The van der Waals surface area contributed by atoms with Crippen LogP contribution < -0.4 is 15.4 Å².